The van der Waals surface area contributed by atoms with Crippen LogP contribution < -0.4 is 10.9 Å². The summed E-state index contributed by atoms with van der Waals surface area (Å²) in [5.41, 5.74) is 2.02. The Morgan fingerprint density at radius 2 is 1.62 bits per heavy atom. The van der Waals surface area contributed by atoms with Gasteiger partial charge in [-0.1, -0.05) is 24.6 Å². The number of anilines is 1. The van der Waals surface area contributed by atoms with E-state index >= 15 is 0 Å². The minimum atomic E-state index is -0.369. The second-order valence-electron chi connectivity index (χ2n) is 7.41. The van der Waals surface area contributed by atoms with Crippen LogP contribution in [0.1, 0.15) is 28.5 Å². The van der Waals surface area contributed by atoms with E-state index in [9.17, 15) is 14.4 Å². The zero-order chi connectivity index (χ0) is 21.0. The summed E-state index contributed by atoms with van der Waals surface area (Å²) in [4.78, 5) is 42.2. The van der Waals surface area contributed by atoms with Crippen LogP contribution in [0.3, 0.4) is 0 Å². The number of hydrogen-bond donors (Lipinski definition) is 1. The summed E-state index contributed by atoms with van der Waals surface area (Å²) in [6.45, 7) is 9.83. The molecule has 7 nitrogen and oxygen atoms in total. The van der Waals surface area contributed by atoms with Crippen molar-refractivity contribution >= 4 is 17.5 Å². The summed E-state index contributed by atoms with van der Waals surface area (Å²) in [5, 5.41) is 2.68. The summed E-state index contributed by atoms with van der Waals surface area (Å²) in [7, 11) is 0. The van der Waals surface area contributed by atoms with Crippen LogP contribution in [-0.4, -0.2) is 58.9 Å². The van der Waals surface area contributed by atoms with Gasteiger partial charge in [-0.05, 0) is 44.7 Å². The lowest BCUT2D eigenvalue weighted by Gasteiger charge is -2.34. The molecule has 2 heterocycles. The van der Waals surface area contributed by atoms with Crippen LogP contribution in [0.2, 0.25) is 0 Å². The Labute approximate surface area is 170 Å². The topological polar surface area (TPSA) is 74.7 Å². The van der Waals surface area contributed by atoms with Crippen molar-refractivity contribution in [3.8, 4) is 0 Å². The molecule has 29 heavy (non-hydrogen) atoms. The summed E-state index contributed by atoms with van der Waals surface area (Å²) < 4.78 is 1.43. The van der Waals surface area contributed by atoms with Crippen molar-refractivity contribution in [3.63, 3.8) is 0 Å². The number of carbonyl (C=O) groups excluding carboxylic acids is 2. The van der Waals surface area contributed by atoms with Crippen molar-refractivity contribution in [2.45, 2.75) is 27.3 Å². The fraction of sp³-hybridized carbons (Fsp3) is 0.409. The smallest absolute Gasteiger partial charge is 0.274 e. The quantitative estimate of drug-likeness (QED) is 0.838. The van der Waals surface area contributed by atoms with Gasteiger partial charge in [-0.3, -0.25) is 14.4 Å². The van der Waals surface area contributed by atoms with Gasteiger partial charge in [0.25, 0.3) is 11.5 Å². The van der Waals surface area contributed by atoms with E-state index in [4.69, 9.17) is 0 Å². The molecule has 1 aromatic heterocycles. The number of piperazine rings is 1. The van der Waals surface area contributed by atoms with Crippen LogP contribution in [0.25, 0.3) is 0 Å². The molecule has 1 aliphatic rings. The largest absolute Gasteiger partial charge is 0.339 e. The molecule has 3 rings (SSSR count). The molecule has 0 unspecified atom stereocenters. The van der Waals surface area contributed by atoms with Crippen molar-refractivity contribution < 1.29 is 9.59 Å². The zero-order valence-electron chi connectivity index (χ0n) is 17.3. The van der Waals surface area contributed by atoms with Crippen LogP contribution in [0.15, 0.2) is 41.2 Å². The molecule has 0 radical (unpaired) electrons. The SMILES string of the molecule is CCN1CCN(C(=O)Cn2c(C)ccc(NC(=O)c3ccc(C)cc3)c2=O)CC1. The lowest BCUT2D eigenvalue weighted by atomic mass is 10.1. The van der Waals surface area contributed by atoms with Gasteiger partial charge < -0.3 is 19.7 Å². The van der Waals surface area contributed by atoms with Gasteiger partial charge in [0.05, 0.1) is 0 Å². The number of pyridine rings is 1. The molecule has 7 heteroatoms. The standard InChI is InChI=1S/C22H28N4O3/c1-4-24-11-13-25(14-12-24)20(27)15-26-17(3)7-10-19(22(26)29)23-21(28)18-8-5-16(2)6-9-18/h5-10H,4,11-15H2,1-3H3,(H,23,28). The Morgan fingerprint density at radius 3 is 2.24 bits per heavy atom. The summed E-state index contributed by atoms with van der Waals surface area (Å²) in [6, 6.07) is 10.5. The zero-order valence-corrected chi connectivity index (χ0v) is 17.3. The Balaban J connectivity index is 1.73. The van der Waals surface area contributed by atoms with Crippen LogP contribution in [0.5, 0.6) is 0 Å². The maximum absolute atomic E-state index is 12.9. The van der Waals surface area contributed by atoms with E-state index in [0.717, 1.165) is 25.2 Å². The molecule has 0 bridgehead atoms. The van der Waals surface area contributed by atoms with E-state index in [1.165, 1.54) is 4.57 Å². The average Bonchev–Trinajstić information content (AvgIpc) is 2.73. The molecular formula is C22H28N4O3. The first kappa shape index (κ1) is 20.8. The minimum Gasteiger partial charge on any atom is -0.339 e. The van der Waals surface area contributed by atoms with Gasteiger partial charge in [0.1, 0.15) is 12.2 Å². The molecule has 2 aromatic rings. The summed E-state index contributed by atoms with van der Waals surface area (Å²) >= 11 is 0. The number of aryl methyl sites for hydroxylation is 2. The van der Waals surface area contributed by atoms with Crippen LogP contribution in [0, 0.1) is 13.8 Å². The molecule has 0 atom stereocenters. The van der Waals surface area contributed by atoms with E-state index < -0.39 is 0 Å². The first-order valence-corrected chi connectivity index (χ1v) is 9.97. The molecule has 1 fully saturated rings. The summed E-state index contributed by atoms with van der Waals surface area (Å²) in [6.07, 6.45) is 0. The highest BCUT2D eigenvalue weighted by atomic mass is 16.2. The van der Waals surface area contributed by atoms with Crippen molar-refractivity contribution in [3.05, 3.63) is 63.6 Å². The van der Waals surface area contributed by atoms with Crippen LogP contribution in [0.4, 0.5) is 5.69 Å². The highest BCUT2D eigenvalue weighted by Gasteiger charge is 2.21. The molecule has 1 aliphatic heterocycles. The number of likely N-dealkylation sites (N-methyl/N-ethyl adjacent to an activating group) is 1. The Hall–Kier alpha value is -2.93. The van der Waals surface area contributed by atoms with Gasteiger partial charge in [0.15, 0.2) is 0 Å². The number of benzene rings is 1. The normalized spacial score (nSPS) is 14.7. The number of nitrogens with one attached hydrogen (secondary N) is 1. The molecular weight excluding hydrogens is 368 g/mol. The number of nitrogens with zero attached hydrogens (tertiary/aromatic N) is 3. The second kappa shape index (κ2) is 9.05. The lowest BCUT2D eigenvalue weighted by Crippen LogP contribution is -2.50. The monoisotopic (exact) mass is 396 g/mol. The van der Waals surface area contributed by atoms with Gasteiger partial charge in [-0.15, -0.1) is 0 Å². The predicted molar refractivity (Wildman–Crippen MR) is 113 cm³/mol. The van der Waals surface area contributed by atoms with E-state index in [1.54, 1.807) is 36.1 Å². The molecule has 1 aromatic carbocycles. The molecule has 0 saturated carbocycles. The lowest BCUT2D eigenvalue weighted by molar-refractivity contribution is -0.133. The number of carbonyl (C=O) groups is 2. The van der Waals surface area contributed by atoms with E-state index in [1.807, 2.05) is 19.1 Å². The van der Waals surface area contributed by atoms with E-state index in [2.05, 4.69) is 17.1 Å². The summed E-state index contributed by atoms with van der Waals surface area (Å²) in [5.74, 6) is -0.424. The molecule has 1 N–H and O–H groups in total. The predicted octanol–water partition coefficient (Wildman–Crippen LogP) is 1.88. The first-order chi connectivity index (χ1) is 13.9. The van der Waals surface area contributed by atoms with Gasteiger partial charge in [0.2, 0.25) is 5.91 Å². The van der Waals surface area contributed by atoms with Gasteiger partial charge >= 0.3 is 0 Å². The molecule has 2 amide bonds. The van der Waals surface area contributed by atoms with Crippen molar-refractivity contribution in [2.24, 2.45) is 0 Å². The molecule has 154 valence electrons. The number of aromatic nitrogens is 1. The number of rotatable bonds is 5. The maximum Gasteiger partial charge on any atom is 0.274 e. The number of hydrogen-bond acceptors (Lipinski definition) is 4. The van der Waals surface area contributed by atoms with Crippen LogP contribution in [-0.2, 0) is 11.3 Å². The fourth-order valence-corrected chi connectivity index (χ4v) is 3.41. The van der Waals surface area contributed by atoms with E-state index in [-0.39, 0.29) is 29.6 Å². The van der Waals surface area contributed by atoms with Crippen LogP contribution >= 0.6 is 0 Å². The third-order valence-corrected chi connectivity index (χ3v) is 5.42. The fourth-order valence-electron chi connectivity index (χ4n) is 3.41. The highest BCUT2D eigenvalue weighted by Crippen LogP contribution is 2.09. The molecule has 1 saturated heterocycles. The third kappa shape index (κ3) is 4.92. The third-order valence-electron chi connectivity index (χ3n) is 5.42. The number of amides is 2. The first-order valence-electron chi connectivity index (χ1n) is 9.97. The maximum atomic E-state index is 12.9. The van der Waals surface area contributed by atoms with Gasteiger partial charge in [-0.2, -0.15) is 0 Å². The highest BCUT2D eigenvalue weighted by molar-refractivity contribution is 6.04. The molecule has 0 aliphatic carbocycles. The second-order valence-corrected chi connectivity index (χ2v) is 7.41. The van der Waals surface area contributed by atoms with Crippen molar-refractivity contribution in [1.82, 2.24) is 14.4 Å². The Morgan fingerprint density at radius 1 is 0.966 bits per heavy atom. The van der Waals surface area contributed by atoms with Crippen molar-refractivity contribution in [1.29, 1.82) is 0 Å². The molecule has 0 spiro atoms. The van der Waals surface area contributed by atoms with Crippen molar-refractivity contribution in [2.75, 3.05) is 38.0 Å². The Kier molecular flexibility index (Phi) is 6.49. The van der Waals surface area contributed by atoms with Gasteiger partial charge in [0, 0.05) is 37.4 Å². The van der Waals surface area contributed by atoms with E-state index in [0.29, 0.717) is 24.3 Å². The average molecular weight is 396 g/mol. The van der Waals surface area contributed by atoms with Gasteiger partial charge in [-0.25, -0.2) is 0 Å². The Bertz CT molecular complexity index is 942. The minimum absolute atomic E-state index is 0.0228.